The number of halogens is 1. The van der Waals surface area contributed by atoms with Gasteiger partial charge in [-0.25, -0.2) is 0 Å². The lowest BCUT2D eigenvalue weighted by molar-refractivity contribution is 0.0701. The molecule has 0 spiro atoms. The number of rotatable bonds is 5. The molecule has 0 aliphatic heterocycles. The second kappa shape index (κ2) is 6.26. The highest BCUT2D eigenvalue weighted by atomic mass is 35.5. The van der Waals surface area contributed by atoms with Crippen LogP contribution >= 0.6 is 11.6 Å². The van der Waals surface area contributed by atoms with Crippen molar-refractivity contribution in [3.8, 4) is 5.75 Å². The Labute approximate surface area is 119 Å². The van der Waals surface area contributed by atoms with Gasteiger partial charge in [-0.05, 0) is 37.1 Å². The van der Waals surface area contributed by atoms with Crippen LogP contribution < -0.4 is 5.73 Å². The van der Waals surface area contributed by atoms with Gasteiger partial charge in [-0.3, -0.25) is 4.79 Å². The molecule has 0 fully saturated rings. The third-order valence-electron chi connectivity index (χ3n) is 3.04. The number of hydrogen-bond acceptors (Lipinski definition) is 3. The van der Waals surface area contributed by atoms with Crippen molar-refractivity contribution < 1.29 is 9.90 Å². The molecule has 0 unspecified atom stereocenters. The summed E-state index contributed by atoms with van der Waals surface area (Å²) in [6.45, 7) is 7.65. The van der Waals surface area contributed by atoms with Crippen LogP contribution in [0.5, 0.6) is 5.75 Å². The first-order chi connectivity index (χ1) is 8.80. The summed E-state index contributed by atoms with van der Waals surface area (Å²) in [4.78, 5) is 14.1. The Hall–Kier alpha value is -1.26. The van der Waals surface area contributed by atoms with E-state index >= 15 is 0 Å². The standard InChI is InChI=1S/C14H21ClN2O2/c1-4-17(9-14(2,3)8-16)13(19)10-5-6-12(18)11(15)7-10/h5-7,18H,4,8-9,16H2,1-3H3. The molecule has 0 aliphatic rings. The van der Waals surface area contributed by atoms with Crippen LogP contribution in [0.1, 0.15) is 31.1 Å². The Balaban J connectivity index is 2.92. The molecule has 1 rings (SSSR count). The molecule has 0 aromatic heterocycles. The van der Waals surface area contributed by atoms with E-state index in [9.17, 15) is 9.90 Å². The highest BCUT2D eigenvalue weighted by molar-refractivity contribution is 6.32. The lowest BCUT2D eigenvalue weighted by atomic mass is 9.93. The summed E-state index contributed by atoms with van der Waals surface area (Å²) in [7, 11) is 0. The van der Waals surface area contributed by atoms with Gasteiger partial charge < -0.3 is 15.7 Å². The normalized spacial score (nSPS) is 11.4. The molecule has 19 heavy (non-hydrogen) atoms. The Morgan fingerprint density at radius 2 is 2.11 bits per heavy atom. The summed E-state index contributed by atoms with van der Waals surface area (Å²) < 4.78 is 0. The van der Waals surface area contributed by atoms with Gasteiger partial charge in [0.2, 0.25) is 0 Å². The van der Waals surface area contributed by atoms with Crippen LogP contribution in [0.2, 0.25) is 5.02 Å². The monoisotopic (exact) mass is 284 g/mol. The van der Waals surface area contributed by atoms with Gasteiger partial charge in [0.1, 0.15) is 5.75 Å². The minimum Gasteiger partial charge on any atom is -0.506 e. The molecule has 0 saturated carbocycles. The summed E-state index contributed by atoms with van der Waals surface area (Å²) >= 11 is 5.83. The maximum absolute atomic E-state index is 12.4. The van der Waals surface area contributed by atoms with Crippen molar-refractivity contribution in [3.63, 3.8) is 0 Å². The summed E-state index contributed by atoms with van der Waals surface area (Å²) in [5, 5.41) is 9.55. The van der Waals surface area contributed by atoms with Crippen LogP contribution in [0.3, 0.4) is 0 Å². The molecule has 3 N–H and O–H groups in total. The largest absolute Gasteiger partial charge is 0.506 e. The highest BCUT2D eigenvalue weighted by Gasteiger charge is 2.23. The molecule has 0 heterocycles. The second-order valence-corrected chi connectivity index (χ2v) is 5.76. The first-order valence-corrected chi connectivity index (χ1v) is 6.66. The quantitative estimate of drug-likeness (QED) is 0.873. The van der Waals surface area contributed by atoms with Crippen molar-refractivity contribution in [1.82, 2.24) is 4.90 Å². The molecule has 0 radical (unpaired) electrons. The van der Waals surface area contributed by atoms with E-state index < -0.39 is 0 Å². The molecule has 1 aromatic rings. The van der Waals surface area contributed by atoms with Crippen molar-refractivity contribution in [3.05, 3.63) is 28.8 Å². The minimum atomic E-state index is -0.133. The average Bonchev–Trinajstić information content (AvgIpc) is 2.38. The molecule has 0 bridgehead atoms. The molecule has 1 amide bonds. The van der Waals surface area contributed by atoms with E-state index in [4.69, 9.17) is 17.3 Å². The van der Waals surface area contributed by atoms with E-state index in [2.05, 4.69) is 0 Å². The summed E-state index contributed by atoms with van der Waals surface area (Å²) in [5.74, 6) is -0.130. The number of hydrogen-bond donors (Lipinski definition) is 2. The molecular weight excluding hydrogens is 264 g/mol. The molecular formula is C14H21ClN2O2. The fraction of sp³-hybridized carbons (Fsp3) is 0.500. The van der Waals surface area contributed by atoms with Crippen LogP contribution in [0.25, 0.3) is 0 Å². The SMILES string of the molecule is CCN(CC(C)(C)CN)C(=O)c1ccc(O)c(Cl)c1. The lowest BCUT2D eigenvalue weighted by Crippen LogP contribution is -2.41. The predicted octanol–water partition coefficient (Wildman–Crippen LogP) is 2.49. The molecule has 1 aromatic carbocycles. The topological polar surface area (TPSA) is 66.6 Å². The van der Waals surface area contributed by atoms with Gasteiger partial charge in [0, 0.05) is 18.7 Å². The Morgan fingerprint density at radius 3 is 2.58 bits per heavy atom. The van der Waals surface area contributed by atoms with Gasteiger partial charge in [-0.15, -0.1) is 0 Å². The fourth-order valence-corrected chi connectivity index (χ4v) is 1.91. The van der Waals surface area contributed by atoms with Gasteiger partial charge in [0.25, 0.3) is 5.91 Å². The Kier molecular flexibility index (Phi) is 5.20. The first-order valence-electron chi connectivity index (χ1n) is 6.28. The number of benzene rings is 1. The lowest BCUT2D eigenvalue weighted by Gasteiger charge is -2.31. The first kappa shape index (κ1) is 15.8. The number of nitrogens with zero attached hydrogens (tertiary/aromatic N) is 1. The summed E-state index contributed by atoms with van der Waals surface area (Å²) in [6.07, 6.45) is 0. The van der Waals surface area contributed by atoms with Gasteiger partial charge in [0.15, 0.2) is 0 Å². The van der Waals surface area contributed by atoms with Crippen molar-refractivity contribution >= 4 is 17.5 Å². The molecule has 0 saturated heterocycles. The average molecular weight is 285 g/mol. The minimum absolute atomic E-state index is 0.0245. The Bertz CT molecular complexity index is 461. The predicted molar refractivity (Wildman–Crippen MR) is 77.5 cm³/mol. The van der Waals surface area contributed by atoms with Crippen molar-refractivity contribution in [2.45, 2.75) is 20.8 Å². The van der Waals surface area contributed by atoms with Gasteiger partial charge >= 0.3 is 0 Å². The third kappa shape index (κ3) is 4.11. The highest BCUT2D eigenvalue weighted by Crippen LogP contribution is 2.25. The number of carbonyl (C=O) groups is 1. The summed E-state index contributed by atoms with van der Waals surface area (Å²) in [5.41, 5.74) is 6.04. The van der Waals surface area contributed by atoms with Gasteiger partial charge in [-0.2, -0.15) is 0 Å². The number of phenolic OH excluding ortho intramolecular Hbond substituents is 1. The van der Waals surface area contributed by atoms with E-state index in [0.29, 0.717) is 25.2 Å². The Morgan fingerprint density at radius 1 is 1.47 bits per heavy atom. The van der Waals surface area contributed by atoms with E-state index in [1.54, 1.807) is 11.0 Å². The van der Waals surface area contributed by atoms with Crippen molar-refractivity contribution in [2.75, 3.05) is 19.6 Å². The third-order valence-corrected chi connectivity index (χ3v) is 3.34. The number of aromatic hydroxyl groups is 1. The van der Waals surface area contributed by atoms with E-state index in [1.807, 2.05) is 20.8 Å². The fourth-order valence-electron chi connectivity index (χ4n) is 1.73. The molecule has 0 atom stereocenters. The van der Waals surface area contributed by atoms with E-state index in [-0.39, 0.29) is 22.1 Å². The van der Waals surface area contributed by atoms with Crippen LogP contribution in [0.15, 0.2) is 18.2 Å². The second-order valence-electron chi connectivity index (χ2n) is 5.35. The maximum Gasteiger partial charge on any atom is 0.253 e. The zero-order chi connectivity index (χ0) is 14.6. The van der Waals surface area contributed by atoms with Crippen molar-refractivity contribution in [1.29, 1.82) is 0 Å². The van der Waals surface area contributed by atoms with Gasteiger partial charge in [-0.1, -0.05) is 25.4 Å². The molecule has 4 nitrogen and oxygen atoms in total. The summed E-state index contributed by atoms with van der Waals surface area (Å²) in [6, 6.07) is 4.48. The zero-order valence-corrected chi connectivity index (χ0v) is 12.4. The molecule has 5 heteroatoms. The smallest absolute Gasteiger partial charge is 0.253 e. The van der Waals surface area contributed by atoms with Crippen molar-refractivity contribution in [2.24, 2.45) is 11.1 Å². The molecule has 0 aliphatic carbocycles. The number of carbonyl (C=O) groups excluding carboxylic acids is 1. The van der Waals surface area contributed by atoms with E-state index in [1.165, 1.54) is 12.1 Å². The van der Waals surface area contributed by atoms with Crippen LogP contribution in [0, 0.1) is 5.41 Å². The molecule has 106 valence electrons. The van der Waals surface area contributed by atoms with Gasteiger partial charge in [0.05, 0.1) is 5.02 Å². The van der Waals surface area contributed by atoms with Crippen LogP contribution in [-0.4, -0.2) is 35.5 Å². The number of phenols is 1. The van der Waals surface area contributed by atoms with Crippen LogP contribution in [-0.2, 0) is 0 Å². The van der Waals surface area contributed by atoms with Crippen LogP contribution in [0.4, 0.5) is 0 Å². The number of nitrogens with two attached hydrogens (primary N) is 1. The number of amides is 1. The van der Waals surface area contributed by atoms with E-state index in [0.717, 1.165) is 0 Å². The zero-order valence-electron chi connectivity index (χ0n) is 11.6. The maximum atomic E-state index is 12.4.